The second-order valence-corrected chi connectivity index (χ2v) is 11.2. The van der Waals surface area contributed by atoms with E-state index in [1.165, 1.54) is 16.4 Å². The molecule has 4 aromatic carbocycles. The van der Waals surface area contributed by atoms with Crippen LogP contribution >= 0.6 is 11.6 Å². The number of halogens is 2. The maximum Gasteiger partial charge on any atom is 0.257 e. The predicted molar refractivity (Wildman–Crippen MR) is 149 cm³/mol. The number of rotatable bonds is 9. The molecule has 0 aliphatic carbocycles. The number of benzene rings is 4. The molecule has 1 amide bonds. The smallest absolute Gasteiger partial charge is 0.257 e. The van der Waals surface area contributed by atoms with Crippen LogP contribution in [0.25, 0.3) is 0 Å². The van der Waals surface area contributed by atoms with Gasteiger partial charge in [-0.2, -0.15) is 4.31 Å². The fourth-order valence-corrected chi connectivity index (χ4v) is 5.66. The van der Waals surface area contributed by atoms with Gasteiger partial charge in [0.25, 0.3) is 5.91 Å². The molecule has 1 N–H and O–H groups in total. The summed E-state index contributed by atoms with van der Waals surface area (Å²) in [5, 5.41) is 3.18. The Balaban J connectivity index is 1.71. The van der Waals surface area contributed by atoms with Crippen molar-refractivity contribution in [1.82, 2.24) is 4.31 Å². The Labute approximate surface area is 227 Å². The van der Waals surface area contributed by atoms with Crippen molar-refractivity contribution >= 4 is 38.9 Å². The highest BCUT2D eigenvalue weighted by atomic mass is 35.5. The number of amides is 1. The van der Waals surface area contributed by atoms with E-state index in [0.29, 0.717) is 21.8 Å². The molecule has 9 heteroatoms. The lowest BCUT2D eigenvalue weighted by Crippen LogP contribution is -2.31. The SMILES string of the molecule is CN(C)c1ccc(NC(=O)c2ccccc2Cl)cc1CN(Cc1ccccc1)S(=O)(=O)c1ccc(F)cc1. The third kappa shape index (κ3) is 6.39. The quantitative estimate of drug-likeness (QED) is 0.269. The van der Waals surface area contributed by atoms with Gasteiger partial charge in [0.1, 0.15) is 5.82 Å². The van der Waals surface area contributed by atoms with Gasteiger partial charge in [-0.05, 0) is 65.7 Å². The van der Waals surface area contributed by atoms with Crippen LogP contribution < -0.4 is 10.2 Å². The van der Waals surface area contributed by atoms with E-state index >= 15 is 0 Å². The van der Waals surface area contributed by atoms with Crippen molar-refractivity contribution in [3.05, 3.63) is 125 Å². The summed E-state index contributed by atoms with van der Waals surface area (Å²) in [7, 11) is -0.282. The van der Waals surface area contributed by atoms with Gasteiger partial charge in [-0.25, -0.2) is 12.8 Å². The van der Waals surface area contributed by atoms with Crippen LogP contribution in [0.15, 0.2) is 102 Å². The van der Waals surface area contributed by atoms with Gasteiger partial charge in [0.15, 0.2) is 0 Å². The van der Waals surface area contributed by atoms with Gasteiger partial charge >= 0.3 is 0 Å². The fraction of sp³-hybridized carbons (Fsp3) is 0.138. The monoisotopic (exact) mass is 551 g/mol. The van der Waals surface area contributed by atoms with Gasteiger partial charge in [-0.1, -0.05) is 54.1 Å². The largest absolute Gasteiger partial charge is 0.377 e. The number of sulfonamides is 1. The first kappa shape index (κ1) is 27.3. The number of nitrogens with zero attached hydrogens (tertiary/aromatic N) is 2. The summed E-state index contributed by atoms with van der Waals surface area (Å²) >= 11 is 6.18. The second kappa shape index (κ2) is 11.8. The van der Waals surface area contributed by atoms with Crippen molar-refractivity contribution in [3.63, 3.8) is 0 Å². The highest BCUT2D eigenvalue weighted by molar-refractivity contribution is 7.89. The van der Waals surface area contributed by atoms with E-state index in [-0.39, 0.29) is 23.9 Å². The molecule has 0 unspecified atom stereocenters. The Morgan fingerprint density at radius 1 is 0.868 bits per heavy atom. The van der Waals surface area contributed by atoms with Gasteiger partial charge < -0.3 is 10.2 Å². The fourth-order valence-electron chi connectivity index (χ4n) is 4.03. The lowest BCUT2D eigenvalue weighted by Gasteiger charge is -2.26. The van der Waals surface area contributed by atoms with Crippen molar-refractivity contribution < 1.29 is 17.6 Å². The third-order valence-corrected chi connectivity index (χ3v) is 8.07. The molecule has 0 saturated heterocycles. The normalized spacial score (nSPS) is 11.4. The number of hydrogen-bond acceptors (Lipinski definition) is 4. The summed E-state index contributed by atoms with van der Waals surface area (Å²) in [6.07, 6.45) is 0. The average molecular weight is 552 g/mol. The Hall–Kier alpha value is -3.72. The van der Waals surface area contributed by atoms with Crippen LogP contribution in [0.3, 0.4) is 0 Å². The highest BCUT2D eigenvalue weighted by Gasteiger charge is 2.26. The standard InChI is InChI=1S/C29H27ClFN3O3S/c1-33(2)28-17-14-24(32-29(35)26-10-6-7-11-27(26)30)18-22(28)20-34(19-21-8-4-3-5-9-21)38(36,37)25-15-12-23(31)13-16-25/h3-18H,19-20H2,1-2H3,(H,32,35). The Kier molecular flexibility index (Phi) is 8.46. The van der Waals surface area contributed by atoms with Gasteiger partial charge in [0, 0.05) is 38.6 Å². The molecule has 38 heavy (non-hydrogen) atoms. The molecular weight excluding hydrogens is 525 g/mol. The minimum absolute atomic E-state index is 0.00980. The Morgan fingerprint density at radius 2 is 1.53 bits per heavy atom. The summed E-state index contributed by atoms with van der Waals surface area (Å²) in [6.45, 7) is 0.113. The van der Waals surface area contributed by atoms with Crippen LogP contribution in [0, 0.1) is 5.82 Å². The summed E-state index contributed by atoms with van der Waals surface area (Å²) in [5.74, 6) is -0.894. The highest BCUT2D eigenvalue weighted by Crippen LogP contribution is 2.29. The zero-order valence-electron chi connectivity index (χ0n) is 20.9. The lowest BCUT2D eigenvalue weighted by atomic mass is 10.1. The van der Waals surface area contributed by atoms with Crippen molar-refractivity contribution in [2.24, 2.45) is 0 Å². The number of nitrogens with one attached hydrogen (secondary N) is 1. The minimum atomic E-state index is -4.00. The summed E-state index contributed by atoms with van der Waals surface area (Å²) in [6, 6.07) is 26.1. The second-order valence-electron chi connectivity index (χ2n) is 8.88. The van der Waals surface area contributed by atoms with Crippen LogP contribution in [0.2, 0.25) is 5.02 Å². The first-order valence-corrected chi connectivity index (χ1v) is 13.6. The van der Waals surface area contributed by atoms with Crippen molar-refractivity contribution in [2.45, 2.75) is 18.0 Å². The maximum atomic E-state index is 13.7. The lowest BCUT2D eigenvalue weighted by molar-refractivity contribution is 0.102. The molecular formula is C29H27ClFN3O3S. The zero-order valence-corrected chi connectivity index (χ0v) is 22.5. The number of anilines is 2. The van der Waals surface area contributed by atoms with Crippen LogP contribution in [0.5, 0.6) is 0 Å². The number of carbonyl (C=O) groups excluding carboxylic acids is 1. The summed E-state index contributed by atoms with van der Waals surface area (Å²) < 4.78 is 42.3. The van der Waals surface area contributed by atoms with Gasteiger partial charge in [0.2, 0.25) is 10.0 Å². The topological polar surface area (TPSA) is 69.7 Å². The van der Waals surface area contributed by atoms with Crippen molar-refractivity contribution in [2.75, 3.05) is 24.3 Å². The summed E-state index contributed by atoms with van der Waals surface area (Å²) in [4.78, 5) is 14.7. The van der Waals surface area contributed by atoms with Crippen molar-refractivity contribution in [1.29, 1.82) is 0 Å². The van der Waals surface area contributed by atoms with Crippen LogP contribution in [0.4, 0.5) is 15.8 Å². The van der Waals surface area contributed by atoms with Gasteiger partial charge in [-0.15, -0.1) is 0 Å². The number of carbonyl (C=O) groups is 1. The molecule has 4 aromatic rings. The molecule has 0 atom stereocenters. The van der Waals surface area contributed by atoms with E-state index in [4.69, 9.17) is 11.6 Å². The van der Waals surface area contributed by atoms with Crippen LogP contribution in [-0.2, 0) is 23.1 Å². The molecule has 6 nitrogen and oxygen atoms in total. The molecule has 0 radical (unpaired) electrons. The molecule has 0 bridgehead atoms. The molecule has 4 rings (SSSR count). The van der Waals surface area contributed by atoms with E-state index < -0.39 is 15.8 Å². The molecule has 0 fully saturated rings. The predicted octanol–water partition coefficient (Wildman–Crippen LogP) is 6.19. The first-order chi connectivity index (χ1) is 18.1. The van der Waals surface area contributed by atoms with Gasteiger partial charge in [-0.3, -0.25) is 4.79 Å². The van der Waals surface area contributed by atoms with E-state index in [1.807, 2.05) is 55.4 Å². The molecule has 0 aromatic heterocycles. The molecule has 0 spiro atoms. The molecule has 0 heterocycles. The van der Waals surface area contributed by atoms with Crippen LogP contribution in [0.1, 0.15) is 21.5 Å². The maximum absolute atomic E-state index is 13.7. The van der Waals surface area contributed by atoms with E-state index in [2.05, 4.69) is 5.32 Å². The average Bonchev–Trinajstić information content (AvgIpc) is 2.89. The molecule has 0 aliphatic rings. The Bertz CT molecular complexity index is 1530. The summed E-state index contributed by atoms with van der Waals surface area (Å²) in [5.41, 5.74) is 3.08. The molecule has 196 valence electrons. The Morgan fingerprint density at radius 3 is 2.18 bits per heavy atom. The van der Waals surface area contributed by atoms with E-state index in [9.17, 15) is 17.6 Å². The van der Waals surface area contributed by atoms with E-state index in [0.717, 1.165) is 23.4 Å². The number of hydrogen-bond donors (Lipinski definition) is 1. The van der Waals surface area contributed by atoms with E-state index in [1.54, 1.807) is 36.4 Å². The molecule has 0 saturated carbocycles. The minimum Gasteiger partial charge on any atom is -0.377 e. The molecule has 0 aliphatic heterocycles. The zero-order chi connectivity index (χ0) is 27.3. The third-order valence-electron chi connectivity index (χ3n) is 5.94. The van der Waals surface area contributed by atoms with Gasteiger partial charge in [0.05, 0.1) is 15.5 Å². The van der Waals surface area contributed by atoms with Crippen LogP contribution in [-0.4, -0.2) is 32.7 Å². The van der Waals surface area contributed by atoms with Crippen molar-refractivity contribution in [3.8, 4) is 0 Å². The first-order valence-electron chi connectivity index (χ1n) is 11.8.